The maximum Gasteiger partial charge on any atom is 0.208 e. The number of anilines is 1. The second kappa shape index (κ2) is 6.02. The normalized spacial score (nSPS) is 24.2. The van der Waals surface area contributed by atoms with Crippen molar-refractivity contribution in [1.82, 2.24) is 10.2 Å². The first-order chi connectivity index (χ1) is 8.16. The number of nitrogens with zero attached hydrogens (tertiary/aromatic N) is 3. The first kappa shape index (κ1) is 13.1. The molecule has 96 valence electrons. The Kier molecular flexibility index (Phi) is 4.64. The van der Waals surface area contributed by atoms with E-state index >= 15 is 0 Å². The van der Waals surface area contributed by atoms with Crippen molar-refractivity contribution in [2.75, 3.05) is 24.7 Å². The van der Waals surface area contributed by atoms with E-state index in [1.165, 1.54) is 25.7 Å². The van der Waals surface area contributed by atoms with E-state index in [1.807, 2.05) is 30.8 Å². The van der Waals surface area contributed by atoms with Gasteiger partial charge in [0.25, 0.3) is 0 Å². The zero-order valence-corrected chi connectivity index (χ0v) is 12.1. The van der Waals surface area contributed by atoms with Gasteiger partial charge in [-0.15, -0.1) is 10.2 Å². The lowest BCUT2D eigenvalue weighted by atomic mass is 10.0. The molecule has 2 rings (SSSR count). The predicted octanol–water partition coefficient (Wildman–Crippen LogP) is 2.21. The molecule has 1 aromatic heterocycles. The number of hydrogen-bond donors (Lipinski definition) is 1. The van der Waals surface area contributed by atoms with Crippen molar-refractivity contribution >= 4 is 28.2 Å². The maximum atomic E-state index is 6.06. The number of aromatic nitrogens is 2. The molecular formula is C11H20N4S2. The molecule has 0 spiro atoms. The van der Waals surface area contributed by atoms with Crippen LogP contribution in [-0.4, -0.2) is 36.1 Å². The molecule has 0 amide bonds. The van der Waals surface area contributed by atoms with Crippen LogP contribution in [0.2, 0.25) is 0 Å². The molecule has 1 fully saturated rings. The Morgan fingerprint density at radius 3 is 2.82 bits per heavy atom. The maximum absolute atomic E-state index is 6.06. The van der Waals surface area contributed by atoms with Crippen LogP contribution in [0.3, 0.4) is 0 Å². The van der Waals surface area contributed by atoms with Crippen LogP contribution in [-0.2, 0) is 0 Å². The molecule has 0 aromatic carbocycles. The minimum absolute atomic E-state index is 0.433. The summed E-state index contributed by atoms with van der Waals surface area (Å²) < 4.78 is 1.07. The van der Waals surface area contributed by atoms with Crippen LogP contribution in [0, 0.1) is 5.92 Å². The standard InChI is InChI=1S/C11H20N4S2/c1-15(2)10-13-14-11(17-10)16-7-6-8-4-3-5-9(8)12/h8-9H,3-7,12H2,1-2H3. The van der Waals surface area contributed by atoms with Gasteiger partial charge >= 0.3 is 0 Å². The molecule has 0 radical (unpaired) electrons. The van der Waals surface area contributed by atoms with E-state index in [9.17, 15) is 0 Å². The highest BCUT2D eigenvalue weighted by atomic mass is 32.2. The minimum Gasteiger partial charge on any atom is -0.353 e. The molecule has 2 N–H and O–H groups in total. The van der Waals surface area contributed by atoms with Gasteiger partial charge in [-0.1, -0.05) is 29.5 Å². The third-order valence-corrected chi connectivity index (χ3v) is 5.47. The second-order valence-electron chi connectivity index (χ2n) is 4.74. The van der Waals surface area contributed by atoms with Gasteiger partial charge in [0.2, 0.25) is 5.13 Å². The van der Waals surface area contributed by atoms with Crippen LogP contribution >= 0.6 is 23.1 Å². The monoisotopic (exact) mass is 272 g/mol. The lowest BCUT2D eigenvalue weighted by Crippen LogP contribution is -2.24. The van der Waals surface area contributed by atoms with Crippen molar-refractivity contribution in [2.45, 2.75) is 36.1 Å². The Hall–Kier alpha value is -0.330. The van der Waals surface area contributed by atoms with Gasteiger partial charge in [0.1, 0.15) is 0 Å². The van der Waals surface area contributed by atoms with E-state index in [1.54, 1.807) is 11.3 Å². The molecule has 2 unspecified atom stereocenters. The summed E-state index contributed by atoms with van der Waals surface area (Å²) in [7, 11) is 3.99. The van der Waals surface area contributed by atoms with Gasteiger partial charge in [0, 0.05) is 25.9 Å². The van der Waals surface area contributed by atoms with Gasteiger partial charge < -0.3 is 10.6 Å². The third-order valence-electron chi connectivity index (χ3n) is 3.21. The fraction of sp³-hybridized carbons (Fsp3) is 0.818. The zero-order chi connectivity index (χ0) is 12.3. The second-order valence-corrected chi connectivity index (χ2v) is 7.03. The lowest BCUT2D eigenvalue weighted by molar-refractivity contribution is 0.470. The van der Waals surface area contributed by atoms with Gasteiger partial charge in [-0.05, 0) is 25.2 Å². The van der Waals surface area contributed by atoms with Gasteiger partial charge in [0.15, 0.2) is 4.34 Å². The molecule has 1 saturated carbocycles. The highest BCUT2D eigenvalue weighted by Crippen LogP contribution is 2.31. The highest BCUT2D eigenvalue weighted by molar-refractivity contribution is 8.01. The summed E-state index contributed by atoms with van der Waals surface area (Å²) in [4.78, 5) is 1.99. The summed E-state index contributed by atoms with van der Waals surface area (Å²) >= 11 is 3.47. The number of nitrogens with two attached hydrogens (primary N) is 1. The molecule has 0 aliphatic heterocycles. The summed E-state index contributed by atoms with van der Waals surface area (Å²) in [6, 6.07) is 0.433. The molecule has 0 bridgehead atoms. The Morgan fingerprint density at radius 2 is 2.24 bits per heavy atom. The SMILES string of the molecule is CN(C)c1nnc(SCCC2CCCC2N)s1. The van der Waals surface area contributed by atoms with Crippen LogP contribution in [0.1, 0.15) is 25.7 Å². The molecule has 17 heavy (non-hydrogen) atoms. The fourth-order valence-electron chi connectivity index (χ4n) is 2.16. The predicted molar refractivity (Wildman–Crippen MR) is 74.9 cm³/mol. The average molecular weight is 272 g/mol. The summed E-state index contributed by atoms with van der Waals surface area (Å²) in [5.41, 5.74) is 6.06. The van der Waals surface area contributed by atoms with Gasteiger partial charge in [-0.25, -0.2) is 0 Å². The molecule has 1 aliphatic rings. The minimum atomic E-state index is 0.433. The van der Waals surface area contributed by atoms with Crippen molar-refractivity contribution in [1.29, 1.82) is 0 Å². The molecule has 1 heterocycles. The van der Waals surface area contributed by atoms with Crippen LogP contribution in [0.15, 0.2) is 4.34 Å². The van der Waals surface area contributed by atoms with E-state index in [2.05, 4.69) is 10.2 Å². The Balaban J connectivity index is 1.74. The quantitative estimate of drug-likeness (QED) is 0.833. The first-order valence-corrected chi connectivity index (χ1v) is 7.86. The molecule has 6 heteroatoms. The number of thioether (sulfide) groups is 1. The smallest absolute Gasteiger partial charge is 0.208 e. The Labute approximate surface area is 111 Å². The van der Waals surface area contributed by atoms with E-state index in [0.29, 0.717) is 6.04 Å². The topological polar surface area (TPSA) is 55.0 Å². The van der Waals surface area contributed by atoms with E-state index < -0.39 is 0 Å². The molecule has 1 aromatic rings. The van der Waals surface area contributed by atoms with E-state index in [0.717, 1.165) is 21.1 Å². The Morgan fingerprint density at radius 1 is 1.41 bits per heavy atom. The largest absolute Gasteiger partial charge is 0.353 e. The molecule has 2 atom stereocenters. The van der Waals surface area contributed by atoms with Gasteiger partial charge in [-0.3, -0.25) is 0 Å². The lowest BCUT2D eigenvalue weighted by Gasteiger charge is -2.13. The average Bonchev–Trinajstić information content (AvgIpc) is 2.89. The van der Waals surface area contributed by atoms with Crippen LogP contribution < -0.4 is 10.6 Å². The fourth-order valence-corrected chi connectivity index (χ4v) is 4.07. The Bertz CT molecular complexity index is 353. The van der Waals surface area contributed by atoms with Gasteiger partial charge in [0.05, 0.1) is 0 Å². The van der Waals surface area contributed by atoms with Crippen LogP contribution in [0.5, 0.6) is 0 Å². The number of hydrogen-bond acceptors (Lipinski definition) is 6. The van der Waals surface area contributed by atoms with Crippen molar-refractivity contribution in [3.8, 4) is 0 Å². The molecule has 4 nitrogen and oxygen atoms in total. The van der Waals surface area contributed by atoms with Gasteiger partial charge in [-0.2, -0.15) is 0 Å². The van der Waals surface area contributed by atoms with Crippen molar-refractivity contribution in [3.05, 3.63) is 0 Å². The number of rotatable bonds is 5. The van der Waals surface area contributed by atoms with Crippen LogP contribution in [0.25, 0.3) is 0 Å². The summed E-state index contributed by atoms with van der Waals surface area (Å²) in [6.45, 7) is 0. The first-order valence-electron chi connectivity index (χ1n) is 6.06. The summed E-state index contributed by atoms with van der Waals surface area (Å²) in [6.07, 6.45) is 5.03. The zero-order valence-electron chi connectivity index (χ0n) is 10.4. The van der Waals surface area contributed by atoms with Crippen molar-refractivity contribution in [2.24, 2.45) is 11.7 Å². The summed E-state index contributed by atoms with van der Waals surface area (Å²) in [5.74, 6) is 1.84. The molecular weight excluding hydrogens is 252 g/mol. The highest BCUT2D eigenvalue weighted by Gasteiger charge is 2.23. The molecule has 0 saturated heterocycles. The van der Waals surface area contributed by atoms with Crippen molar-refractivity contribution in [3.63, 3.8) is 0 Å². The summed E-state index contributed by atoms with van der Waals surface area (Å²) in [5, 5.41) is 9.29. The van der Waals surface area contributed by atoms with E-state index in [4.69, 9.17) is 5.73 Å². The third kappa shape index (κ3) is 3.56. The van der Waals surface area contributed by atoms with Crippen molar-refractivity contribution < 1.29 is 0 Å². The van der Waals surface area contributed by atoms with Crippen LogP contribution in [0.4, 0.5) is 5.13 Å². The molecule has 1 aliphatic carbocycles. The van der Waals surface area contributed by atoms with E-state index in [-0.39, 0.29) is 0 Å².